The standard InChI is InChI=1S/C15H22N2O3/c1-10-7-16-9-12(10)15(18)17-8-11-4-5-13(19-2)14(6-11)20-3/h4-6,10,12,16H,7-9H2,1-3H3,(H,17,18). The van der Waals surface area contributed by atoms with Crippen LogP contribution in [0, 0.1) is 11.8 Å². The first kappa shape index (κ1) is 14.7. The molecule has 0 spiro atoms. The third kappa shape index (κ3) is 3.22. The lowest BCUT2D eigenvalue weighted by Gasteiger charge is -2.15. The molecule has 0 aromatic heterocycles. The highest BCUT2D eigenvalue weighted by atomic mass is 16.5. The van der Waals surface area contributed by atoms with Crippen LogP contribution in [0.4, 0.5) is 0 Å². The Morgan fingerprint density at radius 3 is 2.65 bits per heavy atom. The van der Waals surface area contributed by atoms with E-state index in [2.05, 4.69) is 17.6 Å². The minimum absolute atomic E-state index is 0.0649. The van der Waals surface area contributed by atoms with E-state index in [1.165, 1.54) is 0 Å². The van der Waals surface area contributed by atoms with Crippen LogP contribution in [0.3, 0.4) is 0 Å². The van der Waals surface area contributed by atoms with Gasteiger partial charge in [-0.25, -0.2) is 0 Å². The molecule has 20 heavy (non-hydrogen) atoms. The van der Waals surface area contributed by atoms with Crippen LogP contribution in [-0.4, -0.2) is 33.2 Å². The van der Waals surface area contributed by atoms with Crippen molar-refractivity contribution in [3.63, 3.8) is 0 Å². The Bertz CT molecular complexity index is 476. The molecule has 1 aliphatic heterocycles. The van der Waals surface area contributed by atoms with Gasteiger partial charge in [-0.3, -0.25) is 4.79 Å². The SMILES string of the molecule is COc1ccc(CNC(=O)C2CNCC2C)cc1OC. The zero-order valence-electron chi connectivity index (χ0n) is 12.2. The number of benzene rings is 1. The minimum atomic E-state index is 0.0649. The molecule has 110 valence electrons. The van der Waals surface area contributed by atoms with Crippen molar-refractivity contribution in [2.75, 3.05) is 27.3 Å². The summed E-state index contributed by atoms with van der Waals surface area (Å²) >= 11 is 0. The van der Waals surface area contributed by atoms with E-state index in [0.29, 0.717) is 24.0 Å². The summed E-state index contributed by atoms with van der Waals surface area (Å²) in [6.45, 7) is 4.27. The molecule has 2 rings (SSSR count). The number of carbonyl (C=O) groups is 1. The van der Waals surface area contributed by atoms with E-state index in [9.17, 15) is 4.79 Å². The molecule has 1 aliphatic rings. The number of hydrogen-bond acceptors (Lipinski definition) is 4. The molecule has 0 saturated carbocycles. The van der Waals surface area contributed by atoms with Gasteiger partial charge >= 0.3 is 0 Å². The molecular weight excluding hydrogens is 256 g/mol. The van der Waals surface area contributed by atoms with Crippen molar-refractivity contribution < 1.29 is 14.3 Å². The van der Waals surface area contributed by atoms with Crippen LogP contribution in [0.15, 0.2) is 18.2 Å². The Hall–Kier alpha value is -1.75. The number of ether oxygens (including phenoxy) is 2. The zero-order valence-corrected chi connectivity index (χ0v) is 12.2. The van der Waals surface area contributed by atoms with Crippen LogP contribution in [0.25, 0.3) is 0 Å². The highest BCUT2D eigenvalue weighted by Gasteiger charge is 2.29. The largest absolute Gasteiger partial charge is 0.493 e. The Kier molecular flexibility index (Phi) is 4.84. The molecular formula is C15H22N2O3. The second kappa shape index (κ2) is 6.61. The van der Waals surface area contributed by atoms with Crippen LogP contribution < -0.4 is 20.1 Å². The molecule has 0 aliphatic carbocycles. The second-order valence-electron chi connectivity index (χ2n) is 5.15. The van der Waals surface area contributed by atoms with E-state index in [1.54, 1.807) is 14.2 Å². The van der Waals surface area contributed by atoms with Gasteiger partial charge in [0.15, 0.2) is 11.5 Å². The molecule has 1 heterocycles. The Morgan fingerprint density at radius 1 is 1.30 bits per heavy atom. The van der Waals surface area contributed by atoms with Gasteiger partial charge in [-0.1, -0.05) is 13.0 Å². The average Bonchev–Trinajstić information content (AvgIpc) is 2.90. The van der Waals surface area contributed by atoms with Gasteiger partial charge in [0, 0.05) is 13.1 Å². The highest BCUT2D eigenvalue weighted by Crippen LogP contribution is 2.27. The van der Waals surface area contributed by atoms with Gasteiger partial charge in [0.25, 0.3) is 0 Å². The van der Waals surface area contributed by atoms with Crippen molar-refractivity contribution in [3.8, 4) is 11.5 Å². The Morgan fingerprint density at radius 2 is 2.05 bits per heavy atom. The van der Waals surface area contributed by atoms with E-state index in [-0.39, 0.29) is 11.8 Å². The first-order chi connectivity index (χ1) is 9.65. The second-order valence-corrected chi connectivity index (χ2v) is 5.15. The minimum Gasteiger partial charge on any atom is -0.493 e. The molecule has 1 fully saturated rings. The third-order valence-electron chi connectivity index (χ3n) is 3.77. The van der Waals surface area contributed by atoms with Gasteiger partial charge in [-0.2, -0.15) is 0 Å². The monoisotopic (exact) mass is 278 g/mol. The first-order valence-corrected chi connectivity index (χ1v) is 6.85. The summed E-state index contributed by atoms with van der Waals surface area (Å²) < 4.78 is 10.4. The smallest absolute Gasteiger partial charge is 0.224 e. The van der Waals surface area contributed by atoms with Crippen molar-refractivity contribution in [1.82, 2.24) is 10.6 Å². The molecule has 1 amide bonds. The summed E-state index contributed by atoms with van der Waals surface area (Å²) in [7, 11) is 3.21. The maximum atomic E-state index is 12.1. The fourth-order valence-electron chi connectivity index (χ4n) is 2.47. The van der Waals surface area contributed by atoms with Crippen molar-refractivity contribution in [1.29, 1.82) is 0 Å². The Balaban J connectivity index is 1.95. The van der Waals surface area contributed by atoms with Crippen LogP contribution >= 0.6 is 0 Å². The quantitative estimate of drug-likeness (QED) is 0.849. The summed E-state index contributed by atoms with van der Waals surface area (Å²) in [4.78, 5) is 12.1. The summed E-state index contributed by atoms with van der Waals surface area (Å²) in [5, 5.41) is 6.22. The van der Waals surface area contributed by atoms with Crippen molar-refractivity contribution in [3.05, 3.63) is 23.8 Å². The number of carbonyl (C=O) groups excluding carboxylic acids is 1. The van der Waals surface area contributed by atoms with Gasteiger partial charge in [0.2, 0.25) is 5.91 Å². The summed E-state index contributed by atoms with van der Waals surface area (Å²) in [6, 6.07) is 5.66. The fraction of sp³-hybridized carbons (Fsp3) is 0.533. The van der Waals surface area contributed by atoms with Gasteiger partial charge in [0.05, 0.1) is 20.1 Å². The first-order valence-electron chi connectivity index (χ1n) is 6.85. The number of amides is 1. The van der Waals surface area contributed by atoms with E-state index in [1.807, 2.05) is 18.2 Å². The lowest BCUT2D eigenvalue weighted by atomic mass is 9.97. The molecule has 0 bridgehead atoms. The van der Waals surface area contributed by atoms with Gasteiger partial charge in [-0.05, 0) is 30.2 Å². The van der Waals surface area contributed by atoms with Gasteiger partial charge in [-0.15, -0.1) is 0 Å². The predicted octanol–water partition coefficient (Wildman–Crippen LogP) is 1.18. The number of rotatable bonds is 5. The van der Waals surface area contributed by atoms with Crippen molar-refractivity contribution >= 4 is 5.91 Å². The van der Waals surface area contributed by atoms with Gasteiger partial charge < -0.3 is 20.1 Å². The van der Waals surface area contributed by atoms with Crippen molar-refractivity contribution in [2.45, 2.75) is 13.5 Å². The topological polar surface area (TPSA) is 59.6 Å². The average molecular weight is 278 g/mol. The molecule has 1 aromatic rings. The Labute approximate surface area is 119 Å². The summed E-state index contributed by atoms with van der Waals surface area (Å²) in [5.41, 5.74) is 0.995. The maximum Gasteiger partial charge on any atom is 0.224 e. The van der Waals surface area contributed by atoms with E-state index in [0.717, 1.165) is 18.7 Å². The molecule has 1 aromatic carbocycles. The number of methoxy groups -OCH3 is 2. The molecule has 5 nitrogen and oxygen atoms in total. The molecule has 2 atom stereocenters. The third-order valence-corrected chi connectivity index (χ3v) is 3.77. The van der Waals surface area contributed by atoms with Gasteiger partial charge in [0.1, 0.15) is 0 Å². The number of nitrogens with one attached hydrogen (secondary N) is 2. The van der Waals surface area contributed by atoms with E-state index >= 15 is 0 Å². The van der Waals surface area contributed by atoms with E-state index < -0.39 is 0 Å². The fourth-order valence-corrected chi connectivity index (χ4v) is 2.47. The van der Waals surface area contributed by atoms with Crippen LogP contribution in [0.2, 0.25) is 0 Å². The highest BCUT2D eigenvalue weighted by molar-refractivity contribution is 5.79. The van der Waals surface area contributed by atoms with Crippen LogP contribution in [0.5, 0.6) is 11.5 Å². The lowest BCUT2D eigenvalue weighted by Crippen LogP contribution is -2.33. The van der Waals surface area contributed by atoms with Crippen molar-refractivity contribution in [2.24, 2.45) is 11.8 Å². The summed E-state index contributed by atoms with van der Waals surface area (Å²) in [5.74, 6) is 1.93. The normalized spacial score (nSPS) is 21.6. The predicted molar refractivity (Wildman–Crippen MR) is 76.9 cm³/mol. The molecule has 1 saturated heterocycles. The molecule has 2 N–H and O–H groups in total. The molecule has 2 unspecified atom stereocenters. The number of hydrogen-bond donors (Lipinski definition) is 2. The molecule has 5 heteroatoms. The van der Waals surface area contributed by atoms with Crippen LogP contribution in [0.1, 0.15) is 12.5 Å². The van der Waals surface area contributed by atoms with E-state index in [4.69, 9.17) is 9.47 Å². The summed E-state index contributed by atoms with van der Waals surface area (Å²) in [6.07, 6.45) is 0. The maximum absolute atomic E-state index is 12.1. The zero-order chi connectivity index (χ0) is 14.5. The lowest BCUT2D eigenvalue weighted by molar-refractivity contribution is -0.125. The van der Waals surface area contributed by atoms with Crippen LogP contribution in [-0.2, 0) is 11.3 Å². The molecule has 0 radical (unpaired) electrons.